The van der Waals surface area contributed by atoms with Gasteiger partial charge in [0.1, 0.15) is 5.41 Å². The molecule has 0 radical (unpaired) electrons. The van der Waals surface area contributed by atoms with Gasteiger partial charge in [-0.15, -0.1) is 0 Å². The highest BCUT2D eigenvalue weighted by Crippen LogP contribution is 2.17. The van der Waals surface area contributed by atoms with Gasteiger partial charge < -0.3 is 10.2 Å². The maximum absolute atomic E-state index is 11.6. The van der Waals surface area contributed by atoms with E-state index in [1.807, 2.05) is 6.07 Å². The lowest BCUT2D eigenvalue weighted by atomic mass is 9.94. The molecular formula is C12H21N3O. The summed E-state index contributed by atoms with van der Waals surface area (Å²) in [7, 11) is 2.12. The predicted molar refractivity (Wildman–Crippen MR) is 62.6 cm³/mol. The van der Waals surface area contributed by atoms with E-state index in [0.717, 1.165) is 19.5 Å². The second-order valence-electron chi connectivity index (χ2n) is 5.20. The van der Waals surface area contributed by atoms with Crippen LogP contribution in [0.15, 0.2) is 0 Å². The Bertz CT molecular complexity index is 293. The van der Waals surface area contributed by atoms with Gasteiger partial charge in [0.2, 0.25) is 5.91 Å². The van der Waals surface area contributed by atoms with E-state index in [-0.39, 0.29) is 5.91 Å². The first kappa shape index (κ1) is 13.0. The van der Waals surface area contributed by atoms with Crippen LogP contribution < -0.4 is 5.32 Å². The zero-order valence-corrected chi connectivity index (χ0v) is 10.4. The molecule has 1 aliphatic heterocycles. The fraction of sp³-hybridized carbons (Fsp3) is 0.833. The lowest BCUT2D eigenvalue weighted by Gasteiger charge is -2.16. The minimum atomic E-state index is -0.910. The number of carbonyl (C=O) groups excluding carboxylic acids is 1. The zero-order valence-electron chi connectivity index (χ0n) is 10.4. The summed E-state index contributed by atoms with van der Waals surface area (Å²) in [6.45, 7) is 6.25. The van der Waals surface area contributed by atoms with Crippen LogP contribution in [0.2, 0.25) is 0 Å². The van der Waals surface area contributed by atoms with Crippen molar-refractivity contribution in [1.29, 1.82) is 5.26 Å². The Morgan fingerprint density at radius 1 is 1.62 bits per heavy atom. The maximum Gasteiger partial charge on any atom is 0.239 e. The fourth-order valence-corrected chi connectivity index (χ4v) is 1.92. The third-order valence-corrected chi connectivity index (χ3v) is 3.17. The second-order valence-corrected chi connectivity index (χ2v) is 5.20. The van der Waals surface area contributed by atoms with Crippen LogP contribution in [-0.2, 0) is 4.79 Å². The fourth-order valence-electron chi connectivity index (χ4n) is 1.92. The van der Waals surface area contributed by atoms with E-state index in [1.54, 1.807) is 13.8 Å². The van der Waals surface area contributed by atoms with E-state index >= 15 is 0 Å². The molecule has 16 heavy (non-hydrogen) atoms. The van der Waals surface area contributed by atoms with E-state index in [4.69, 9.17) is 5.26 Å². The molecule has 1 amide bonds. The highest BCUT2D eigenvalue weighted by atomic mass is 16.2. The monoisotopic (exact) mass is 223 g/mol. The van der Waals surface area contributed by atoms with Gasteiger partial charge in [0.05, 0.1) is 6.07 Å². The quantitative estimate of drug-likeness (QED) is 0.773. The van der Waals surface area contributed by atoms with Crippen LogP contribution in [0.4, 0.5) is 0 Å². The number of nitriles is 1. The van der Waals surface area contributed by atoms with Crippen molar-refractivity contribution in [3.8, 4) is 6.07 Å². The molecule has 0 aromatic carbocycles. The van der Waals surface area contributed by atoms with E-state index in [2.05, 4.69) is 17.3 Å². The molecular weight excluding hydrogens is 202 g/mol. The van der Waals surface area contributed by atoms with Crippen LogP contribution in [0.3, 0.4) is 0 Å². The summed E-state index contributed by atoms with van der Waals surface area (Å²) >= 11 is 0. The standard InChI is InChI=1S/C12H21N3O/c1-12(2,9-13)11(16)14-6-4-10-5-7-15(3)8-10/h10H,4-8H2,1-3H3,(H,14,16). The average Bonchev–Trinajstić information content (AvgIpc) is 2.64. The van der Waals surface area contributed by atoms with E-state index in [0.29, 0.717) is 12.5 Å². The first-order chi connectivity index (χ1) is 7.45. The largest absolute Gasteiger partial charge is 0.355 e. The number of hydrogen-bond donors (Lipinski definition) is 1. The molecule has 1 saturated heterocycles. The molecule has 1 fully saturated rings. The first-order valence-corrected chi connectivity index (χ1v) is 5.84. The van der Waals surface area contributed by atoms with Crippen molar-refractivity contribution in [1.82, 2.24) is 10.2 Å². The van der Waals surface area contributed by atoms with Gasteiger partial charge in [-0.1, -0.05) is 0 Å². The molecule has 1 unspecified atom stereocenters. The number of carbonyl (C=O) groups is 1. The van der Waals surface area contributed by atoms with Gasteiger partial charge in [-0.05, 0) is 46.2 Å². The molecule has 90 valence electrons. The number of amides is 1. The molecule has 1 heterocycles. The molecule has 4 heteroatoms. The number of rotatable bonds is 4. The molecule has 1 rings (SSSR count). The number of hydrogen-bond acceptors (Lipinski definition) is 3. The van der Waals surface area contributed by atoms with Crippen LogP contribution in [0.1, 0.15) is 26.7 Å². The average molecular weight is 223 g/mol. The van der Waals surface area contributed by atoms with E-state index in [1.165, 1.54) is 6.42 Å². The smallest absolute Gasteiger partial charge is 0.239 e. The Balaban J connectivity index is 2.21. The summed E-state index contributed by atoms with van der Waals surface area (Å²) < 4.78 is 0. The van der Waals surface area contributed by atoms with Gasteiger partial charge in [-0.2, -0.15) is 5.26 Å². The first-order valence-electron chi connectivity index (χ1n) is 5.84. The Morgan fingerprint density at radius 2 is 2.31 bits per heavy atom. The lowest BCUT2D eigenvalue weighted by molar-refractivity contribution is -0.126. The Labute approximate surface area is 97.6 Å². The summed E-state index contributed by atoms with van der Waals surface area (Å²) in [4.78, 5) is 13.9. The predicted octanol–water partition coefficient (Wildman–Crippen LogP) is 0.994. The normalized spacial score (nSPS) is 21.8. The van der Waals surface area contributed by atoms with E-state index in [9.17, 15) is 4.79 Å². The summed E-state index contributed by atoms with van der Waals surface area (Å²) in [5, 5.41) is 11.6. The van der Waals surface area contributed by atoms with Crippen LogP contribution in [0.5, 0.6) is 0 Å². The third kappa shape index (κ3) is 3.49. The molecule has 0 saturated carbocycles. The molecule has 1 atom stereocenters. The van der Waals surface area contributed by atoms with Crippen LogP contribution in [-0.4, -0.2) is 37.5 Å². The van der Waals surface area contributed by atoms with Crippen molar-refractivity contribution in [2.75, 3.05) is 26.7 Å². The molecule has 0 aromatic rings. The van der Waals surface area contributed by atoms with Crippen LogP contribution in [0.25, 0.3) is 0 Å². The van der Waals surface area contributed by atoms with Gasteiger partial charge >= 0.3 is 0 Å². The zero-order chi connectivity index (χ0) is 12.2. The lowest BCUT2D eigenvalue weighted by Crippen LogP contribution is -2.37. The Hall–Kier alpha value is -1.08. The molecule has 0 spiro atoms. The molecule has 0 bridgehead atoms. The van der Waals surface area contributed by atoms with Crippen molar-refractivity contribution >= 4 is 5.91 Å². The topological polar surface area (TPSA) is 56.1 Å². The van der Waals surface area contributed by atoms with Crippen molar-refractivity contribution in [2.24, 2.45) is 11.3 Å². The summed E-state index contributed by atoms with van der Waals surface area (Å²) in [5.74, 6) is 0.525. The Morgan fingerprint density at radius 3 is 2.81 bits per heavy atom. The number of nitrogens with one attached hydrogen (secondary N) is 1. The molecule has 1 N–H and O–H groups in total. The van der Waals surface area contributed by atoms with Gasteiger partial charge in [-0.3, -0.25) is 4.79 Å². The van der Waals surface area contributed by atoms with Crippen molar-refractivity contribution in [3.63, 3.8) is 0 Å². The van der Waals surface area contributed by atoms with Crippen LogP contribution in [0, 0.1) is 22.7 Å². The highest BCUT2D eigenvalue weighted by molar-refractivity contribution is 5.84. The van der Waals surface area contributed by atoms with Crippen molar-refractivity contribution < 1.29 is 4.79 Å². The molecule has 0 aliphatic carbocycles. The molecule has 4 nitrogen and oxygen atoms in total. The maximum atomic E-state index is 11.6. The van der Waals surface area contributed by atoms with Gasteiger partial charge in [0.25, 0.3) is 0 Å². The minimum absolute atomic E-state index is 0.165. The number of nitrogens with zero attached hydrogens (tertiary/aromatic N) is 2. The SMILES string of the molecule is CN1CCC(CCNC(=O)C(C)(C)C#N)C1. The second kappa shape index (κ2) is 5.31. The minimum Gasteiger partial charge on any atom is -0.355 e. The third-order valence-electron chi connectivity index (χ3n) is 3.17. The summed E-state index contributed by atoms with van der Waals surface area (Å²) in [6, 6.07) is 2.01. The van der Waals surface area contributed by atoms with Crippen molar-refractivity contribution in [3.05, 3.63) is 0 Å². The number of likely N-dealkylation sites (tertiary alicyclic amines) is 1. The Kier molecular flexibility index (Phi) is 4.31. The molecule has 0 aromatic heterocycles. The van der Waals surface area contributed by atoms with Gasteiger partial charge in [0, 0.05) is 13.1 Å². The van der Waals surface area contributed by atoms with Crippen LogP contribution >= 0.6 is 0 Å². The van der Waals surface area contributed by atoms with Gasteiger partial charge in [0.15, 0.2) is 0 Å². The van der Waals surface area contributed by atoms with E-state index < -0.39 is 5.41 Å². The summed E-state index contributed by atoms with van der Waals surface area (Å²) in [6.07, 6.45) is 2.23. The van der Waals surface area contributed by atoms with Crippen molar-refractivity contribution in [2.45, 2.75) is 26.7 Å². The van der Waals surface area contributed by atoms with Gasteiger partial charge in [-0.25, -0.2) is 0 Å². The summed E-state index contributed by atoms with van der Waals surface area (Å²) in [5.41, 5.74) is -0.910. The molecule has 1 aliphatic rings. The highest BCUT2D eigenvalue weighted by Gasteiger charge is 2.27.